The van der Waals surface area contributed by atoms with E-state index in [1.807, 2.05) is 0 Å². The van der Waals surface area contributed by atoms with Gasteiger partial charge in [0.15, 0.2) is 0 Å². The van der Waals surface area contributed by atoms with Gasteiger partial charge in [-0.25, -0.2) is 13.2 Å². The quantitative estimate of drug-likeness (QED) is 0.668. The lowest BCUT2D eigenvalue weighted by Gasteiger charge is -2.59. The van der Waals surface area contributed by atoms with Crippen LogP contribution in [0, 0.1) is 23.2 Å². The molecule has 1 aliphatic heterocycles. The number of halogens is 1. The third-order valence-electron chi connectivity index (χ3n) is 9.40. The highest BCUT2D eigenvalue weighted by atomic mass is 35.5. The maximum atomic E-state index is 13.3. The van der Waals surface area contributed by atoms with Crippen molar-refractivity contribution in [1.29, 1.82) is 0 Å². The molecule has 0 radical (unpaired) electrons. The fourth-order valence-electron chi connectivity index (χ4n) is 8.32. The molecule has 1 spiro atoms. The van der Waals surface area contributed by atoms with E-state index < -0.39 is 10.0 Å². The predicted octanol–water partition coefficient (Wildman–Crippen LogP) is 4.15. The average molecular weight is 478 g/mol. The standard InChI is InChI=1S/C24H32ClN3O3S/c25-19-4-6-21(7-5-19)32(30,31)28-8-2-1-3-20(28)15-26-22(29)27-24-13-17-9-16-10-18(14-24)23(24,11-16)12-17/h4-7,16-18,20H,1-3,8-15H2,(H2,26,27,29). The van der Waals surface area contributed by atoms with E-state index in [-0.39, 0.29) is 22.5 Å². The Kier molecular flexibility index (Phi) is 4.87. The van der Waals surface area contributed by atoms with Crippen LogP contribution in [0.2, 0.25) is 5.02 Å². The number of carbonyl (C=O) groups is 1. The number of fused-ring (bicyclic) bond motifs is 2. The molecule has 6 atom stereocenters. The van der Waals surface area contributed by atoms with Gasteiger partial charge >= 0.3 is 6.03 Å². The van der Waals surface area contributed by atoms with E-state index in [0.717, 1.165) is 49.9 Å². The number of rotatable bonds is 5. The van der Waals surface area contributed by atoms with Crippen LogP contribution in [0.5, 0.6) is 0 Å². The van der Waals surface area contributed by atoms with Crippen molar-refractivity contribution < 1.29 is 13.2 Å². The van der Waals surface area contributed by atoms with Gasteiger partial charge in [0.1, 0.15) is 0 Å². The van der Waals surface area contributed by atoms with Crippen LogP contribution in [0.25, 0.3) is 0 Å². The van der Waals surface area contributed by atoms with E-state index >= 15 is 0 Å². The van der Waals surface area contributed by atoms with Gasteiger partial charge in [-0.1, -0.05) is 18.0 Å². The molecule has 4 saturated carbocycles. The van der Waals surface area contributed by atoms with Gasteiger partial charge in [0.05, 0.1) is 4.90 Å². The van der Waals surface area contributed by atoms with Gasteiger partial charge in [0.2, 0.25) is 10.0 Å². The number of urea groups is 1. The van der Waals surface area contributed by atoms with Crippen LogP contribution in [0.15, 0.2) is 29.2 Å². The molecule has 2 amide bonds. The molecule has 5 aliphatic rings. The number of piperidine rings is 1. The van der Waals surface area contributed by atoms with Crippen LogP contribution in [0.3, 0.4) is 0 Å². The summed E-state index contributed by atoms with van der Waals surface area (Å²) in [6.07, 6.45) is 10.1. The lowest BCUT2D eigenvalue weighted by atomic mass is 9.51. The van der Waals surface area contributed by atoms with Crippen LogP contribution in [-0.4, -0.2) is 43.4 Å². The van der Waals surface area contributed by atoms with Crippen molar-refractivity contribution in [2.24, 2.45) is 23.2 Å². The minimum absolute atomic E-state index is 0.0146. The molecule has 1 saturated heterocycles. The molecule has 174 valence electrons. The number of nitrogens with one attached hydrogen (secondary N) is 2. The molecule has 5 fully saturated rings. The Morgan fingerprint density at radius 1 is 1.06 bits per heavy atom. The monoisotopic (exact) mass is 477 g/mol. The molecule has 6 rings (SSSR count). The number of benzene rings is 1. The Labute approximate surface area is 195 Å². The number of nitrogens with zero attached hydrogens (tertiary/aromatic N) is 1. The highest BCUT2D eigenvalue weighted by Crippen LogP contribution is 2.77. The number of hydrogen-bond donors (Lipinski definition) is 2. The molecule has 0 aromatic heterocycles. The summed E-state index contributed by atoms with van der Waals surface area (Å²) in [5.74, 6) is 2.46. The minimum Gasteiger partial charge on any atom is -0.337 e. The van der Waals surface area contributed by atoms with Crippen molar-refractivity contribution in [3.05, 3.63) is 29.3 Å². The smallest absolute Gasteiger partial charge is 0.315 e. The topological polar surface area (TPSA) is 78.5 Å². The van der Waals surface area contributed by atoms with Gasteiger partial charge in [0, 0.05) is 29.7 Å². The predicted molar refractivity (Wildman–Crippen MR) is 123 cm³/mol. The van der Waals surface area contributed by atoms with Crippen LogP contribution in [0.1, 0.15) is 57.8 Å². The van der Waals surface area contributed by atoms with E-state index in [2.05, 4.69) is 10.6 Å². The van der Waals surface area contributed by atoms with Crippen molar-refractivity contribution in [1.82, 2.24) is 14.9 Å². The molecule has 1 aromatic carbocycles. The first kappa shape index (κ1) is 21.2. The third-order valence-corrected chi connectivity index (χ3v) is 11.6. The number of carbonyl (C=O) groups excluding carboxylic acids is 1. The molecular formula is C24H32ClN3O3S. The lowest BCUT2D eigenvalue weighted by molar-refractivity contribution is -0.0457. The van der Waals surface area contributed by atoms with E-state index in [1.54, 1.807) is 28.6 Å². The molecule has 8 heteroatoms. The summed E-state index contributed by atoms with van der Waals surface area (Å²) in [7, 11) is -3.62. The molecule has 3 bridgehead atoms. The van der Waals surface area contributed by atoms with E-state index in [0.29, 0.717) is 23.5 Å². The Morgan fingerprint density at radius 2 is 1.84 bits per heavy atom. The van der Waals surface area contributed by atoms with Gasteiger partial charge in [-0.05, 0) is 98.8 Å². The number of amides is 2. The fourth-order valence-corrected chi connectivity index (χ4v) is 10.1. The molecule has 4 aliphatic carbocycles. The Hall–Kier alpha value is -1.31. The third kappa shape index (κ3) is 3.07. The maximum absolute atomic E-state index is 13.3. The molecule has 1 heterocycles. The zero-order chi connectivity index (χ0) is 22.1. The molecule has 6 nitrogen and oxygen atoms in total. The van der Waals surface area contributed by atoms with Gasteiger partial charge in [-0.2, -0.15) is 4.31 Å². The highest BCUT2D eigenvalue weighted by Gasteiger charge is 2.74. The highest BCUT2D eigenvalue weighted by molar-refractivity contribution is 7.89. The number of hydrogen-bond acceptors (Lipinski definition) is 3. The van der Waals surface area contributed by atoms with E-state index in [9.17, 15) is 13.2 Å². The molecular weight excluding hydrogens is 446 g/mol. The van der Waals surface area contributed by atoms with E-state index in [4.69, 9.17) is 11.6 Å². The Morgan fingerprint density at radius 3 is 2.66 bits per heavy atom. The molecule has 32 heavy (non-hydrogen) atoms. The first-order chi connectivity index (χ1) is 15.3. The lowest BCUT2D eigenvalue weighted by Crippen LogP contribution is -2.68. The second-order valence-corrected chi connectivity index (χ2v) is 13.3. The summed E-state index contributed by atoms with van der Waals surface area (Å²) in [4.78, 5) is 13.2. The van der Waals surface area contributed by atoms with Gasteiger partial charge in [0.25, 0.3) is 0 Å². The van der Waals surface area contributed by atoms with Crippen LogP contribution < -0.4 is 10.6 Å². The summed E-state index contributed by atoms with van der Waals surface area (Å²) in [6.45, 7) is 0.827. The average Bonchev–Trinajstić information content (AvgIpc) is 3.08. The van der Waals surface area contributed by atoms with Crippen molar-refractivity contribution in [3.63, 3.8) is 0 Å². The summed E-state index contributed by atoms with van der Waals surface area (Å²) in [5, 5.41) is 6.97. The van der Waals surface area contributed by atoms with Gasteiger partial charge in [-0.3, -0.25) is 0 Å². The second kappa shape index (κ2) is 7.34. The van der Waals surface area contributed by atoms with Crippen LogP contribution >= 0.6 is 11.6 Å². The first-order valence-electron chi connectivity index (χ1n) is 12.1. The summed E-state index contributed by atoms with van der Waals surface area (Å²) >= 11 is 5.94. The first-order valence-corrected chi connectivity index (χ1v) is 14.0. The summed E-state index contributed by atoms with van der Waals surface area (Å²) in [6, 6.07) is 5.98. The van der Waals surface area contributed by atoms with Crippen molar-refractivity contribution in [2.45, 2.75) is 74.3 Å². The second-order valence-electron chi connectivity index (χ2n) is 11.0. The molecule has 6 unspecified atom stereocenters. The van der Waals surface area contributed by atoms with Gasteiger partial charge in [-0.15, -0.1) is 0 Å². The van der Waals surface area contributed by atoms with E-state index in [1.165, 1.54) is 25.7 Å². The van der Waals surface area contributed by atoms with Gasteiger partial charge < -0.3 is 10.6 Å². The summed E-state index contributed by atoms with van der Waals surface area (Å²) < 4.78 is 28.1. The SMILES string of the molecule is O=C(NCC1CCCCN1S(=O)(=O)c1ccc(Cl)cc1)NC12CC3CC4CC(C1)C2(C4)C3. The molecule has 1 aromatic rings. The van der Waals surface area contributed by atoms with Crippen LogP contribution in [0.4, 0.5) is 4.79 Å². The number of sulfonamides is 1. The van der Waals surface area contributed by atoms with Crippen molar-refractivity contribution >= 4 is 27.7 Å². The Balaban J connectivity index is 1.12. The van der Waals surface area contributed by atoms with Crippen LogP contribution in [-0.2, 0) is 10.0 Å². The summed E-state index contributed by atoms with van der Waals surface area (Å²) in [5.41, 5.74) is 0.339. The zero-order valence-electron chi connectivity index (χ0n) is 18.4. The van der Waals surface area contributed by atoms with Crippen molar-refractivity contribution in [3.8, 4) is 0 Å². The fraction of sp³-hybridized carbons (Fsp3) is 0.708. The molecule has 2 N–H and O–H groups in total. The van der Waals surface area contributed by atoms with Crippen molar-refractivity contribution in [2.75, 3.05) is 13.1 Å². The Bertz CT molecular complexity index is 1030. The maximum Gasteiger partial charge on any atom is 0.315 e. The zero-order valence-corrected chi connectivity index (χ0v) is 19.9. The largest absolute Gasteiger partial charge is 0.337 e. The normalized spacial score (nSPS) is 40.0. The minimum atomic E-state index is -3.62.